The Morgan fingerprint density at radius 1 is 0.972 bits per heavy atom. The van der Waals surface area contributed by atoms with Crippen molar-refractivity contribution < 1.29 is 24.1 Å². The van der Waals surface area contributed by atoms with Crippen LogP contribution in [0.25, 0.3) is 0 Å². The van der Waals surface area contributed by atoms with E-state index < -0.39 is 0 Å². The topological polar surface area (TPSA) is 80.3 Å². The number of aromatic hydroxyl groups is 1. The van der Waals surface area contributed by atoms with Gasteiger partial charge in [0.25, 0.3) is 0 Å². The van der Waals surface area contributed by atoms with Gasteiger partial charge in [-0.2, -0.15) is 0 Å². The van der Waals surface area contributed by atoms with Crippen LogP contribution in [0.5, 0.6) is 23.0 Å². The summed E-state index contributed by atoms with van der Waals surface area (Å²) in [6.45, 7) is 4.13. The summed E-state index contributed by atoms with van der Waals surface area (Å²) in [4.78, 5) is 15.6. The van der Waals surface area contributed by atoms with Crippen molar-refractivity contribution in [2.24, 2.45) is 0 Å². The highest BCUT2D eigenvalue weighted by molar-refractivity contribution is 5.82. The highest BCUT2D eigenvalue weighted by atomic mass is 16.5. The summed E-state index contributed by atoms with van der Waals surface area (Å²) in [7, 11) is 3.23. The van der Waals surface area contributed by atoms with Crippen LogP contribution in [0, 0.1) is 0 Å². The fourth-order valence-electron chi connectivity index (χ4n) is 4.65. The van der Waals surface area contributed by atoms with E-state index in [2.05, 4.69) is 22.3 Å². The summed E-state index contributed by atoms with van der Waals surface area (Å²) < 4.78 is 16.3. The molecule has 0 bridgehead atoms. The van der Waals surface area contributed by atoms with Gasteiger partial charge in [0.15, 0.2) is 23.0 Å². The molecular formula is C29H34N2O5. The van der Waals surface area contributed by atoms with Crippen LogP contribution in [0.1, 0.15) is 29.2 Å². The zero-order valence-corrected chi connectivity index (χ0v) is 21.1. The Hall–Kier alpha value is -3.71. The molecule has 4 rings (SSSR count). The van der Waals surface area contributed by atoms with E-state index in [0.29, 0.717) is 56.3 Å². The number of amides is 1. The summed E-state index contributed by atoms with van der Waals surface area (Å²) in [6, 6.07) is 19.2. The average Bonchev–Trinajstić information content (AvgIpc) is 2.90. The lowest BCUT2D eigenvalue weighted by atomic mass is 9.93. The number of carbonyl (C=O) groups excluding carboxylic acids is 1. The van der Waals surface area contributed by atoms with Gasteiger partial charge in [-0.1, -0.05) is 36.4 Å². The predicted octanol–water partition coefficient (Wildman–Crippen LogP) is 4.09. The standard InChI is InChI=1S/C29H34N2O5/c1-4-36-27-16-21(9-11-25(27)32)18-31-19-23-8-6-5-7-22(23)17-24(31)29(33)30-14-13-20-10-12-26(34-2)28(15-20)35-3/h5-12,15-16,24,32H,4,13-14,17-19H2,1-3H3,(H,30,33). The number of rotatable bonds is 10. The molecule has 0 saturated heterocycles. The van der Waals surface area contributed by atoms with Gasteiger partial charge in [-0.25, -0.2) is 0 Å². The van der Waals surface area contributed by atoms with Crippen molar-refractivity contribution in [2.75, 3.05) is 27.4 Å². The van der Waals surface area contributed by atoms with Crippen LogP contribution in [0.2, 0.25) is 0 Å². The van der Waals surface area contributed by atoms with Gasteiger partial charge in [-0.15, -0.1) is 0 Å². The number of methoxy groups -OCH3 is 2. The molecule has 190 valence electrons. The fraction of sp³-hybridized carbons (Fsp3) is 0.345. The van der Waals surface area contributed by atoms with Gasteiger partial charge in [0, 0.05) is 19.6 Å². The molecule has 3 aromatic rings. The number of hydrogen-bond acceptors (Lipinski definition) is 6. The van der Waals surface area contributed by atoms with Crippen LogP contribution in [-0.2, 0) is 30.7 Å². The molecule has 7 nitrogen and oxygen atoms in total. The number of carbonyl (C=O) groups is 1. The van der Waals surface area contributed by atoms with Crippen LogP contribution in [-0.4, -0.2) is 49.3 Å². The molecule has 0 aliphatic carbocycles. The van der Waals surface area contributed by atoms with Crippen molar-refractivity contribution in [3.63, 3.8) is 0 Å². The smallest absolute Gasteiger partial charge is 0.237 e. The molecule has 7 heteroatoms. The molecule has 0 radical (unpaired) electrons. The normalized spacial score (nSPS) is 15.1. The molecule has 1 aliphatic rings. The third kappa shape index (κ3) is 5.91. The van der Waals surface area contributed by atoms with Crippen molar-refractivity contribution in [1.82, 2.24) is 10.2 Å². The maximum Gasteiger partial charge on any atom is 0.237 e. The van der Waals surface area contributed by atoms with Crippen molar-refractivity contribution in [3.05, 3.63) is 82.9 Å². The summed E-state index contributed by atoms with van der Waals surface area (Å²) in [5.41, 5.74) is 4.48. The molecule has 1 aliphatic heterocycles. The van der Waals surface area contributed by atoms with Crippen LogP contribution in [0.15, 0.2) is 60.7 Å². The Bertz CT molecular complexity index is 1200. The minimum absolute atomic E-state index is 0.00814. The lowest BCUT2D eigenvalue weighted by Crippen LogP contribution is -2.50. The highest BCUT2D eigenvalue weighted by Gasteiger charge is 2.31. The Morgan fingerprint density at radius 3 is 2.44 bits per heavy atom. The van der Waals surface area contributed by atoms with Crippen molar-refractivity contribution in [1.29, 1.82) is 0 Å². The van der Waals surface area contributed by atoms with Crippen LogP contribution >= 0.6 is 0 Å². The number of nitrogens with zero attached hydrogens (tertiary/aromatic N) is 1. The van der Waals surface area contributed by atoms with Gasteiger partial charge in [-0.3, -0.25) is 9.69 Å². The Balaban J connectivity index is 1.46. The minimum atomic E-state index is -0.297. The van der Waals surface area contributed by atoms with Gasteiger partial charge in [-0.05, 0) is 66.3 Å². The second-order valence-corrected chi connectivity index (χ2v) is 8.86. The first-order valence-corrected chi connectivity index (χ1v) is 12.3. The third-order valence-corrected chi connectivity index (χ3v) is 6.52. The number of nitrogens with one attached hydrogen (secondary N) is 1. The first kappa shape index (κ1) is 25.4. The molecule has 1 atom stereocenters. The Labute approximate surface area is 212 Å². The van der Waals surface area contributed by atoms with E-state index >= 15 is 0 Å². The number of hydrogen-bond donors (Lipinski definition) is 2. The van der Waals surface area contributed by atoms with E-state index in [0.717, 1.165) is 11.1 Å². The summed E-state index contributed by atoms with van der Waals surface area (Å²) in [5.74, 6) is 1.95. The number of phenols is 1. The van der Waals surface area contributed by atoms with E-state index in [9.17, 15) is 9.90 Å². The van der Waals surface area contributed by atoms with Crippen LogP contribution in [0.4, 0.5) is 0 Å². The zero-order valence-electron chi connectivity index (χ0n) is 21.1. The Morgan fingerprint density at radius 2 is 1.69 bits per heavy atom. The zero-order chi connectivity index (χ0) is 25.5. The van der Waals surface area contributed by atoms with E-state index in [4.69, 9.17) is 14.2 Å². The van der Waals surface area contributed by atoms with E-state index in [1.54, 1.807) is 20.3 Å². The second-order valence-electron chi connectivity index (χ2n) is 8.86. The quantitative estimate of drug-likeness (QED) is 0.446. The lowest BCUT2D eigenvalue weighted by Gasteiger charge is -2.36. The average molecular weight is 491 g/mol. The lowest BCUT2D eigenvalue weighted by molar-refractivity contribution is -0.127. The first-order valence-electron chi connectivity index (χ1n) is 12.3. The molecule has 0 aromatic heterocycles. The van der Waals surface area contributed by atoms with Crippen molar-refractivity contribution >= 4 is 5.91 Å². The van der Waals surface area contributed by atoms with Gasteiger partial charge < -0.3 is 24.6 Å². The number of ether oxygens (including phenoxy) is 3. The molecule has 1 amide bonds. The van der Waals surface area contributed by atoms with Gasteiger partial charge >= 0.3 is 0 Å². The predicted molar refractivity (Wildman–Crippen MR) is 139 cm³/mol. The van der Waals surface area contributed by atoms with Gasteiger partial charge in [0.1, 0.15) is 0 Å². The summed E-state index contributed by atoms with van der Waals surface area (Å²) in [5, 5.41) is 13.2. The molecule has 0 saturated carbocycles. The molecule has 0 fully saturated rings. The number of benzene rings is 3. The van der Waals surface area contributed by atoms with Crippen molar-refractivity contribution in [2.45, 2.75) is 38.9 Å². The molecule has 3 aromatic carbocycles. The first-order chi connectivity index (χ1) is 17.5. The molecule has 1 heterocycles. The van der Waals surface area contributed by atoms with Crippen molar-refractivity contribution in [3.8, 4) is 23.0 Å². The van der Waals surface area contributed by atoms with E-state index in [1.807, 2.05) is 49.4 Å². The van der Waals surface area contributed by atoms with E-state index in [1.165, 1.54) is 11.1 Å². The number of phenolic OH excluding ortho intramolecular Hbond substituents is 1. The molecule has 36 heavy (non-hydrogen) atoms. The van der Waals surface area contributed by atoms with E-state index in [-0.39, 0.29) is 17.7 Å². The fourth-order valence-corrected chi connectivity index (χ4v) is 4.65. The van der Waals surface area contributed by atoms with Crippen LogP contribution < -0.4 is 19.5 Å². The summed E-state index contributed by atoms with van der Waals surface area (Å²) in [6.07, 6.45) is 1.33. The molecule has 2 N–H and O–H groups in total. The second kappa shape index (κ2) is 11.8. The molecular weight excluding hydrogens is 456 g/mol. The Kier molecular flexibility index (Phi) is 8.33. The maximum atomic E-state index is 13.4. The maximum absolute atomic E-state index is 13.4. The molecule has 1 unspecified atom stereocenters. The number of fused-ring (bicyclic) bond motifs is 1. The SMILES string of the molecule is CCOc1cc(CN2Cc3ccccc3CC2C(=O)NCCc2ccc(OC)c(OC)c2)ccc1O. The highest BCUT2D eigenvalue weighted by Crippen LogP contribution is 2.30. The van der Waals surface area contributed by atoms with Gasteiger partial charge in [0.05, 0.1) is 26.9 Å². The van der Waals surface area contributed by atoms with Crippen LogP contribution in [0.3, 0.4) is 0 Å². The molecule has 0 spiro atoms. The largest absolute Gasteiger partial charge is 0.504 e. The summed E-state index contributed by atoms with van der Waals surface area (Å²) >= 11 is 0. The van der Waals surface area contributed by atoms with Gasteiger partial charge in [0.2, 0.25) is 5.91 Å². The minimum Gasteiger partial charge on any atom is -0.504 e. The third-order valence-electron chi connectivity index (χ3n) is 6.52. The monoisotopic (exact) mass is 490 g/mol.